The molecule has 23 heavy (non-hydrogen) atoms. The number of carbonyl (C=O) groups excluding carboxylic acids is 1. The number of aromatic nitrogens is 3. The Morgan fingerprint density at radius 2 is 2.30 bits per heavy atom. The van der Waals surface area contributed by atoms with Crippen molar-refractivity contribution in [3.8, 4) is 0 Å². The van der Waals surface area contributed by atoms with Crippen molar-refractivity contribution in [2.45, 2.75) is 32.9 Å². The summed E-state index contributed by atoms with van der Waals surface area (Å²) in [5.74, 6) is 0. The number of nitrogens with one attached hydrogen (secondary N) is 2. The summed E-state index contributed by atoms with van der Waals surface area (Å²) in [4.78, 5) is 18.3. The van der Waals surface area contributed by atoms with Gasteiger partial charge in [-0.25, -0.2) is 9.78 Å². The van der Waals surface area contributed by atoms with Crippen LogP contribution in [0.1, 0.15) is 19.4 Å². The molecule has 1 atom stereocenters. The van der Waals surface area contributed by atoms with Crippen LogP contribution in [0.4, 0.5) is 16.2 Å². The number of rotatable bonds is 5. The Hall–Kier alpha value is -2.57. The number of benzene rings is 1. The molecular weight excluding hydrogens is 292 g/mol. The molecule has 0 spiro atoms. The van der Waals surface area contributed by atoms with Gasteiger partial charge >= 0.3 is 6.03 Å². The van der Waals surface area contributed by atoms with Crippen molar-refractivity contribution in [2.75, 3.05) is 23.3 Å². The van der Waals surface area contributed by atoms with Gasteiger partial charge in [0.15, 0.2) is 0 Å². The normalized spacial score (nSPS) is 14.4. The van der Waals surface area contributed by atoms with Gasteiger partial charge in [0.1, 0.15) is 12.7 Å². The van der Waals surface area contributed by atoms with Crippen LogP contribution in [0.3, 0.4) is 0 Å². The lowest BCUT2D eigenvalue weighted by Gasteiger charge is -2.18. The Labute approximate surface area is 135 Å². The summed E-state index contributed by atoms with van der Waals surface area (Å²) in [7, 11) is 0. The van der Waals surface area contributed by atoms with E-state index >= 15 is 0 Å². The maximum atomic E-state index is 12.1. The van der Waals surface area contributed by atoms with Crippen molar-refractivity contribution in [2.24, 2.45) is 0 Å². The standard InChI is InChI=1S/C16H22N6O/c1-3-21-7-6-13-4-5-14(8-15(13)21)20-16(23)19-12(2)9-22-11-17-10-18-22/h4-5,8,10-12H,3,6-7,9H2,1-2H3,(H2,19,20,23)/t12-/m1/s1. The second-order valence-corrected chi connectivity index (χ2v) is 5.79. The van der Waals surface area contributed by atoms with E-state index in [-0.39, 0.29) is 12.1 Å². The van der Waals surface area contributed by atoms with Crippen LogP contribution in [-0.4, -0.2) is 39.9 Å². The third-order valence-corrected chi connectivity index (χ3v) is 4.02. The Kier molecular flexibility index (Phi) is 4.45. The molecule has 3 rings (SSSR count). The third-order valence-electron chi connectivity index (χ3n) is 4.02. The molecule has 0 radical (unpaired) electrons. The molecule has 0 aliphatic carbocycles. The van der Waals surface area contributed by atoms with Crippen LogP contribution in [-0.2, 0) is 13.0 Å². The predicted octanol–water partition coefficient (Wildman–Crippen LogP) is 1.87. The van der Waals surface area contributed by atoms with E-state index in [4.69, 9.17) is 0 Å². The maximum Gasteiger partial charge on any atom is 0.319 e. The van der Waals surface area contributed by atoms with Crippen molar-refractivity contribution in [1.29, 1.82) is 0 Å². The van der Waals surface area contributed by atoms with Gasteiger partial charge < -0.3 is 15.5 Å². The highest BCUT2D eigenvalue weighted by molar-refractivity contribution is 5.90. The summed E-state index contributed by atoms with van der Waals surface area (Å²) >= 11 is 0. The topological polar surface area (TPSA) is 75.1 Å². The fraction of sp³-hybridized carbons (Fsp3) is 0.438. The van der Waals surface area contributed by atoms with E-state index in [1.54, 1.807) is 11.0 Å². The van der Waals surface area contributed by atoms with Crippen LogP contribution in [0.5, 0.6) is 0 Å². The Morgan fingerprint density at radius 3 is 3.04 bits per heavy atom. The lowest BCUT2D eigenvalue weighted by Crippen LogP contribution is -2.38. The van der Waals surface area contributed by atoms with Crippen molar-refractivity contribution in [1.82, 2.24) is 20.1 Å². The number of anilines is 2. The fourth-order valence-electron chi connectivity index (χ4n) is 2.90. The molecule has 7 nitrogen and oxygen atoms in total. The van der Waals surface area contributed by atoms with Crippen LogP contribution in [0.25, 0.3) is 0 Å². The predicted molar refractivity (Wildman–Crippen MR) is 89.7 cm³/mol. The first-order chi connectivity index (χ1) is 11.2. The van der Waals surface area contributed by atoms with E-state index in [1.807, 2.05) is 19.1 Å². The summed E-state index contributed by atoms with van der Waals surface area (Å²) in [6.07, 6.45) is 4.19. The molecule has 0 saturated heterocycles. The summed E-state index contributed by atoms with van der Waals surface area (Å²) < 4.78 is 1.69. The summed E-state index contributed by atoms with van der Waals surface area (Å²) in [5, 5.41) is 9.84. The van der Waals surface area contributed by atoms with Crippen LogP contribution in [0.15, 0.2) is 30.9 Å². The Balaban J connectivity index is 1.58. The molecule has 2 heterocycles. The van der Waals surface area contributed by atoms with Crippen molar-refractivity contribution in [3.05, 3.63) is 36.4 Å². The largest absolute Gasteiger partial charge is 0.371 e. The Morgan fingerprint density at radius 1 is 1.43 bits per heavy atom. The first kappa shape index (κ1) is 15.3. The molecule has 1 aliphatic rings. The number of hydrogen-bond acceptors (Lipinski definition) is 4. The molecule has 122 valence electrons. The van der Waals surface area contributed by atoms with E-state index in [0.717, 1.165) is 25.2 Å². The molecule has 0 saturated carbocycles. The lowest BCUT2D eigenvalue weighted by atomic mass is 10.1. The average Bonchev–Trinajstić information content (AvgIpc) is 3.15. The smallest absolute Gasteiger partial charge is 0.319 e. The van der Waals surface area contributed by atoms with Crippen molar-refractivity contribution in [3.63, 3.8) is 0 Å². The highest BCUT2D eigenvalue weighted by Crippen LogP contribution is 2.30. The average molecular weight is 314 g/mol. The van der Waals surface area contributed by atoms with E-state index in [1.165, 1.54) is 17.6 Å². The fourth-order valence-corrected chi connectivity index (χ4v) is 2.90. The third kappa shape index (κ3) is 3.61. The number of hydrogen-bond donors (Lipinski definition) is 2. The van der Waals surface area contributed by atoms with Crippen LogP contribution in [0.2, 0.25) is 0 Å². The van der Waals surface area contributed by atoms with Gasteiger partial charge in [0.05, 0.1) is 6.54 Å². The lowest BCUT2D eigenvalue weighted by molar-refractivity contribution is 0.247. The summed E-state index contributed by atoms with van der Waals surface area (Å²) in [5.41, 5.74) is 3.38. The monoisotopic (exact) mass is 314 g/mol. The van der Waals surface area contributed by atoms with Crippen molar-refractivity contribution >= 4 is 17.4 Å². The molecule has 7 heteroatoms. The van der Waals surface area contributed by atoms with Gasteiger partial charge in [-0.3, -0.25) is 4.68 Å². The minimum Gasteiger partial charge on any atom is -0.371 e. The minimum atomic E-state index is -0.210. The van der Waals surface area contributed by atoms with Gasteiger partial charge in [-0.15, -0.1) is 0 Å². The van der Waals surface area contributed by atoms with E-state index in [9.17, 15) is 4.79 Å². The van der Waals surface area contributed by atoms with Crippen LogP contribution in [0, 0.1) is 0 Å². The van der Waals surface area contributed by atoms with E-state index in [2.05, 4.69) is 38.6 Å². The number of fused-ring (bicyclic) bond motifs is 1. The number of likely N-dealkylation sites (N-methyl/N-ethyl adjacent to an activating group) is 1. The molecule has 2 amide bonds. The van der Waals surface area contributed by atoms with Gasteiger partial charge in [0, 0.05) is 30.5 Å². The van der Waals surface area contributed by atoms with Crippen molar-refractivity contribution < 1.29 is 4.79 Å². The van der Waals surface area contributed by atoms with E-state index in [0.29, 0.717) is 6.54 Å². The second-order valence-electron chi connectivity index (χ2n) is 5.79. The molecule has 1 aliphatic heterocycles. The van der Waals surface area contributed by atoms with Crippen LogP contribution >= 0.6 is 0 Å². The van der Waals surface area contributed by atoms with Gasteiger partial charge in [-0.05, 0) is 38.0 Å². The Bertz CT molecular complexity index is 669. The first-order valence-electron chi connectivity index (χ1n) is 7.93. The number of carbonyl (C=O) groups is 1. The zero-order valence-corrected chi connectivity index (χ0v) is 13.5. The second kappa shape index (κ2) is 6.68. The minimum absolute atomic E-state index is 0.0433. The number of amides is 2. The maximum absolute atomic E-state index is 12.1. The highest BCUT2D eigenvalue weighted by Gasteiger charge is 2.18. The SMILES string of the molecule is CCN1CCc2ccc(NC(=O)N[C@H](C)Cn3cncn3)cc21. The molecular formula is C16H22N6O. The first-order valence-corrected chi connectivity index (χ1v) is 7.93. The molecule has 0 bridgehead atoms. The van der Waals surface area contributed by atoms with Crippen LogP contribution < -0.4 is 15.5 Å². The molecule has 2 aromatic rings. The zero-order chi connectivity index (χ0) is 16.2. The molecule has 1 aromatic heterocycles. The van der Waals surface area contributed by atoms with Gasteiger partial charge in [-0.2, -0.15) is 5.10 Å². The molecule has 1 aromatic carbocycles. The zero-order valence-electron chi connectivity index (χ0n) is 13.5. The van der Waals surface area contributed by atoms with Gasteiger partial charge in [0.25, 0.3) is 0 Å². The summed E-state index contributed by atoms with van der Waals surface area (Å²) in [6.45, 7) is 6.70. The molecule has 0 unspecified atom stereocenters. The highest BCUT2D eigenvalue weighted by atomic mass is 16.2. The quantitative estimate of drug-likeness (QED) is 0.883. The van der Waals surface area contributed by atoms with E-state index < -0.39 is 0 Å². The van der Waals surface area contributed by atoms with Gasteiger partial charge in [-0.1, -0.05) is 6.07 Å². The summed E-state index contributed by atoms with van der Waals surface area (Å²) in [6, 6.07) is 5.85. The van der Waals surface area contributed by atoms with Gasteiger partial charge in [0.2, 0.25) is 0 Å². The molecule has 2 N–H and O–H groups in total. The number of urea groups is 1. The number of nitrogens with zero attached hydrogens (tertiary/aromatic N) is 4. The molecule has 0 fully saturated rings.